The molecule has 6 heteroatoms. The van der Waals surface area contributed by atoms with Crippen LogP contribution in [0.3, 0.4) is 0 Å². The van der Waals surface area contributed by atoms with E-state index < -0.39 is 10.0 Å². The molecule has 0 radical (unpaired) electrons. The van der Waals surface area contributed by atoms with E-state index in [4.69, 9.17) is 10.2 Å². The minimum absolute atomic E-state index is 0.166. The molecule has 1 aliphatic rings. The normalized spacial score (nSPS) is 23.3. The summed E-state index contributed by atoms with van der Waals surface area (Å²) in [5, 5.41) is 0. The van der Waals surface area contributed by atoms with Crippen molar-refractivity contribution in [2.75, 3.05) is 6.54 Å². The summed E-state index contributed by atoms with van der Waals surface area (Å²) in [6.07, 6.45) is 1.09. The minimum atomic E-state index is -3.52. The number of hydrogen-bond donors (Lipinski definition) is 2. The van der Waals surface area contributed by atoms with E-state index in [1.54, 1.807) is 13.8 Å². The smallest absolute Gasteiger partial charge is 0.244 e. The average molecular weight is 272 g/mol. The molecule has 1 aromatic heterocycles. The summed E-state index contributed by atoms with van der Waals surface area (Å²) in [5.41, 5.74) is 6.17. The first-order chi connectivity index (χ1) is 8.36. The number of nitrogens with two attached hydrogens (primary N) is 1. The van der Waals surface area contributed by atoms with Gasteiger partial charge < -0.3 is 10.2 Å². The van der Waals surface area contributed by atoms with Crippen LogP contribution in [0.5, 0.6) is 0 Å². The Labute approximate surface area is 108 Å². The van der Waals surface area contributed by atoms with Gasteiger partial charge in [0.05, 0.1) is 0 Å². The lowest BCUT2D eigenvalue weighted by molar-refractivity contribution is 0.493. The van der Waals surface area contributed by atoms with Gasteiger partial charge in [-0.3, -0.25) is 0 Å². The molecule has 0 amide bonds. The van der Waals surface area contributed by atoms with Gasteiger partial charge in [-0.15, -0.1) is 0 Å². The van der Waals surface area contributed by atoms with E-state index in [0.717, 1.165) is 6.42 Å². The zero-order valence-corrected chi connectivity index (χ0v) is 11.8. The monoisotopic (exact) mass is 272 g/mol. The zero-order chi connectivity index (χ0) is 13.5. The highest BCUT2D eigenvalue weighted by Crippen LogP contribution is 2.37. The lowest BCUT2D eigenvalue weighted by Gasteiger charge is -2.07. The number of furan rings is 1. The molecule has 1 aromatic rings. The Kier molecular flexibility index (Phi) is 3.53. The quantitative estimate of drug-likeness (QED) is 0.845. The van der Waals surface area contributed by atoms with Gasteiger partial charge in [0.15, 0.2) is 0 Å². The van der Waals surface area contributed by atoms with Crippen molar-refractivity contribution < 1.29 is 12.8 Å². The Morgan fingerprint density at radius 1 is 1.39 bits per heavy atom. The van der Waals surface area contributed by atoms with Gasteiger partial charge >= 0.3 is 0 Å². The number of nitrogens with one attached hydrogen (secondary N) is 1. The average Bonchev–Trinajstić information content (AvgIpc) is 2.89. The summed E-state index contributed by atoms with van der Waals surface area (Å²) < 4.78 is 32.5. The van der Waals surface area contributed by atoms with E-state index in [1.807, 2.05) is 0 Å². The fraction of sp³-hybridized carbons (Fsp3) is 0.667. The van der Waals surface area contributed by atoms with Crippen LogP contribution in [0.1, 0.15) is 30.4 Å². The van der Waals surface area contributed by atoms with Crippen LogP contribution in [0, 0.1) is 25.7 Å². The lowest BCUT2D eigenvalue weighted by Crippen LogP contribution is -2.27. The molecule has 0 aliphatic heterocycles. The van der Waals surface area contributed by atoms with Gasteiger partial charge in [-0.25, -0.2) is 13.1 Å². The Morgan fingerprint density at radius 2 is 2.00 bits per heavy atom. The molecule has 18 heavy (non-hydrogen) atoms. The molecule has 0 saturated heterocycles. The maximum Gasteiger partial charge on any atom is 0.244 e. The highest BCUT2D eigenvalue weighted by molar-refractivity contribution is 7.89. The van der Waals surface area contributed by atoms with Gasteiger partial charge in [0.25, 0.3) is 0 Å². The predicted molar refractivity (Wildman–Crippen MR) is 68.5 cm³/mol. The van der Waals surface area contributed by atoms with Crippen molar-refractivity contribution in [3.8, 4) is 0 Å². The van der Waals surface area contributed by atoms with Crippen LogP contribution in [0.15, 0.2) is 9.31 Å². The molecule has 1 heterocycles. The fourth-order valence-corrected chi connectivity index (χ4v) is 3.82. The van der Waals surface area contributed by atoms with Crippen LogP contribution in [-0.2, 0) is 16.6 Å². The summed E-state index contributed by atoms with van der Waals surface area (Å²) >= 11 is 0. The maximum atomic E-state index is 12.3. The van der Waals surface area contributed by atoms with Gasteiger partial charge in [0.1, 0.15) is 16.4 Å². The molecule has 3 N–H and O–H groups in total. The van der Waals surface area contributed by atoms with Crippen LogP contribution >= 0.6 is 0 Å². The van der Waals surface area contributed by atoms with Gasteiger partial charge in [-0.2, -0.15) is 0 Å². The third kappa shape index (κ3) is 2.46. The third-order valence-corrected chi connectivity index (χ3v) is 5.23. The molecular weight excluding hydrogens is 252 g/mol. The van der Waals surface area contributed by atoms with E-state index in [9.17, 15) is 8.42 Å². The molecule has 102 valence electrons. The first-order valence-electron chi connectivity index (χ1n) is 6.15. The molecule has 2 rings (SSSR count). The van der Waals surface area contributed by atoms with Crippen LogP contribution < -0.4 is 10.5 Å². The van der Waals surface area contributed by atoms with Gasteiger partial charge in [0.2, 0.25) is 10.0 Å². The summed E-state index contributed by atoms with van der Waals surface area (Å²) in [5.74, 6) is 2.07. The lowest BCUT2D eigenvalue weighted by atomic mass is 10.2. The first kappa shape index (κ1) is 13.6. The Bertz CT molecular complexity index is 548. The van der Waals surface area contributed by atoms with E-state index in [-0.39, 0.29) is 11.4 Å². The second kappa shape index (κ2) is 4.68. The van der Waals surface area contributed by atoms with Crippen molar-refractivity contribution >= 4 is 10.0 Å². The summed E-state index contributed by atoms with van der Waals surface area (Å²) in [4.78, 5) is 0.218. The topological polar surface area (TPSA) is 85.3 Å². The fourth-order valence-electron chi connectivity index (χ4n) is 2.27. The van der Waals surface area contributed by atoms with Crippen molar-refractivity contribution in [1.82, 2.24) is 4.72 Å². The third-order valence-electron chi connectivity index (χ3n) is 3.61. The molecule has 0 bridgehead atoms. The summed E-state index contributed by atoms with van der Waals surface area (Å²) in [6.45, 7) is 6.17. The molecule has 1 fully saturated rings. The molecule has 2 atom stereocenters. The Hall–Kier alpha value is -0.850. The Morgan fingerprint density at radius 3 is 2.50 bits per heavy atom. The minimum Gasteiger partial charge on any atom is -0.465 e. The highest BCUT2D eigenvalue weighted by Gasteiger charge is 2.34. The van der Waals surface area contributed by atoms with Crippen molar-refractivity contribution in [1.29, 1.82) is 0 Å². The van der Waals surface area contributed by atoms with Gasteiger partial charge in [-0.05, 0) is 32.1 Å². The largest absolute Gasteiger partial charge is 0.465 e. The molecule has 0 aromatic carbocycles. The molecule has 0 spiro atoms. The maximum absolute atomic E-state index is 12.3. The second-order valence-electron chi connectivity index (χ2n) is 5.05. The highest BCUT2D eigenvalue weighted by atomic mass is 32.2. The predicted octanol–water partition coefficient (Wildman–Crippen LogP) is 1.29. The van der Waals surface area contributed by atoms with Gasteiger partial charge in [0, 0.05) is 18.7 Å². The van der Waals surface area contributed by atoms with E-state index in [1.165, 1.54) is 0 Å². The number of sulfonamides is 1. The van der Waals surface area contributed by atoms with Crippen LogP contribution in [0.25, 0.3) is 0 Å². The van der Waals surface area contributed by atoms with E-state index >= 15 is 0 Å². The molecule has 2 unspecified atom stereocenters. The molecule has 1 saturated carbocycles. The van der Waals surface area contributed by atoms with Crippen molar-refractivity contribution in [3.63, 3.8) is 0 Å². The first-order valence-corrected chi connectivity index (χ1v) is 7.63. The summed E-state index contributed by atoms with van der Waals surface area (Å²) in [7, 11) is -3.52. The standard InChI is InChI=1S/C12H20N2O3S/c1-7-4-10(7)6-14-18(15,16)12-9(3)17-8(2)11(12)5-13/h7,10,14H,4-6,13H2,1-3H3. The molecule has 1 aliphatic carbocycles. The number of hydrogen-bond acceptors (Lipinski definition) is 4. The van der Waals surface area contributed by atoms with E-state index in [2.05, 4.69) is 11.6 Å². The van der Waals surface area contributed by atoms with Crippen molar-refractivity contribution in [2.45, 2.75) is 38.6 Å². The SMILES string of the molecule is Cc1oc(C)c(S(=O)(=O)NCC2CC2C)c1CN. The van der Waals surface area contributed by atoms with Gasteiger partial charge in [-0.1, -0.05) is 6.92 Å². The molecular formula is C12H20N2O3S. The number of aryl methyl sites for hydroxylation is 2. The Balaban J connectivity index is 2.23. The molecule has 5 nitrogen and oxygen atoms in total. The summed E-state index contributed by atoms with van der Waals surface area (Å²) in [6, 6.07) is 0. The van der Waals surface area contributed by atoms with Crippen LogP contribution in [-0.4, -0.2) is 15.0 Å². The van der Waals surface area contributed by atoms with Crippen LogP contribution in [0.4, 0.5) is 0 Å². The van der Waals surface area contributed by atoms with Crippen molar-refractivity contribution in [3.05, 3.63) is 17.1 Å². The second-order valence-corrected chi connectivity index (χ2v) is 6.75. The van der Waals surface area contributed by atoms with Crippen LogP contribution in [0.2, 0.25) is 0 Å². The van der Waals surface area contributed by atoms with Crippen molar-refractivity contribution in [2.24, 2.45) is 17.6 Å². The van der Waals surface area contributed by atoms with E-state index in [0.29, 0.717) is 35.5 Å². The number of rotatable bonds is 5. The zero-order valence-electron chi connectivity index (χ0n) is 11.0.